The van der Waals surface area contributed by atoms with Crippen molar-refractivity contribution in [3.05, 3.63) is 77.1 Å². The molecule has 1 aromatic heterocycles. The number of para-hydroxylation sites is 1. The minimum atomic E-state index is -3.79. The van der Waals surface area contributed by atoms with E-state index >= 15 is 0 Å². The van der Waals surface area contributed by atoms with Crippen molar-refractivity contribution in [1.82, 2.24) is 19.4 Å². The lowest BCUT2D eigenvalue weighted by molar-refractivity contribution is 0.0730. The minimum absolute atomic E-state index is 0.00724. The Bertz CT molecular complexity index is 1220. The standard InChI is InChI=1S/C23H26N4O4S/c1-17-21(18(2)27(25-17)19-8-4-3-5-9-19)16-24-23(28)20-10-6-7-11-22(20)32(29,30)26-12-14-31-15-13-26/h3-11H,12-16H2,1-2H3,(H,24,28). The molecule has 0 bridgehead atoms. The maximum atomic E-state index is 13.1. The largest absolute Gasteiger partial charge is 0.379 e. The number of amides is 1. The minimum Gasteiger partial charge on any atom is -0.379 e. The number of rotatable bonds is 6. The zero-order valence-electron chi connectivity index (χ0n) is 18.1. The molecule has 1 saturated heterocycles. The maximum Gasteiger partial charge on any atom is 0.252 e. The lowest BCUT2D eigenvalue weighted by Gasteiger charge is -2.26. The monoisotopic (exact) mass is 454 g/mol. The average Bonchev–Trinajstić information content (AvgIpc) is 3.11. The third-order valence-electron chi connectivity index (χ3n) is 5.59. The van der Waals surface area contributed by atoms with E-state index in [0.29, 0.717) is 13.2 Å². The SMILES string of the molecule is Cc1nn(-c2ccccc2)c(C)c1CNC(=O)c1ccccc1S(=O)(=O)N1CCOCC1. The fraction of sp³-hybridized carbons (Fsp3) is 0.304. The molecule has 9 heteroatoms. The lowest BCUT2D eigenvalue weighted by atomic mass is 10.1. The van der Waals surface area contributed by atoms with Crippen molar-refractivity contribution < 1.29 is 17.9 Å². The first-order chi connectivity index (χ1) is 15.4. The van der Waals surface area contributed by atoms with Crippen molar-refractivity contribution in [2.24, 2.45) is 0 Å². The Kier molecular flexibility index (Phi) is 6.40. The Morgan fingerprint density at radius 2 is 1.69 bits per heavy atom. The summed E-state index contributed by atoms with van der Waals surface area (Å²) in [7, 11) is -3.79. The number of hydrogen-bond donors (Lipinski definition) is 1. The summed E-state index contributed by atoms with van der Waals surface area (Å²) in [6, 6.07) is 16.1. The molecule has 1 aliphatic heterocycles. The van der Waals surface area contributed by atoms with Crippen molar-refractivity contribution in [2.45, 2.75) is 25.3 Å². The van der Waals surface area contributed by atoms with E-state index in [1.165, 1.54) is 16.4 Å². The van der Waals surface area contributed by atoms with E-state index in [-0.39, 0.29) is 30.1 Å². The third-order valence-corrected chi connectivity index (χ3v) is 7.54. The molecule has 8 nitrogen and oxygen atoms in total. The highest BCUT2D eigenvalue weighted by Crippen LogP contribution is 2.22. The van der Waals surface area contributed by atoms with Gasteiger partial charge in [0.1, 0.15) is 0 Å². The molecule has 0 unspecified atom stereocenters. The molecule has 4 rings (SSSR count). The van der Waals surface area contributed by atoms with Crippen molar-refractivity contribution in [2.75, 3.05) is 26.3 Å². The molecule has 0 atom stereocenters. The summed E-state index contributed by atoms with van der Waals surface area (Å²) in [6.45, 7) is 5.32. The van der Waals surface area contributed by atoms with Crippen LogP contribution < -0.4 is 5.32 Å². The van der Waals surface area contributed by atoms with Crippen molar-refractivity contribution in [3.63, 3.8) is 0 Å². The highest BCUT2D eigenvalue weighted by Gasteiger charge is 2.30. The van der Waals surface area contributed by atoms with Crippen molar-refractivity contribution in [3.8, 4) is 5.69 Å². The van der Waals surface area contributed by atoms with Gasteiger partial charge in [-0.05, 0) is 38.1 Å². The summed E-state index contributed by atoms with van der Waals surface area (Å²) in [5.41, 5.74) is 3.69. The van der Waals surface area contributed by atoms with Gasteiger partial charge in [0, 0.05) is 30.9 Å². The van der Waals surface area contributed by atoms with Gasteiger partial charge in [0.2, 0.25) is 10.0 Å². The normalized spacial score (nSPS) is 14.9. The first-order valence-electron chi connectivity index (χ1n) is 10.4. The summed E-state index contributed by atoms with van der Waals surface area (Å²) in [6.07, 6.45) is 0. The molecule has 168 valence electrons. The number of nitrogens with one attached hydrogen (secondary N) is 1. The number of carbonyl (C=O) groups excluding carboxylic acids is 1. The average molecular weight is 455 g/mol. The molecule has 0 spiro atoms. The van der Waals surface area contributed by atoms with Crippen LogP contribution in [0.3, 0.4) is 0 Å². The Morgan fingerprint density at radius 1 is 1.03 bits per heavy atom. The fourth-order valence-electron chi connectivity index (χ4n) is 3.82. The van der Waals surface area contributed by atoms with E-state index < -0.39 is 15.9 Å². The molecular formula is C23H26N4O4S. The Hall–Kier alpha value is -3.01. The van der Waals surface area contributed by atoms with Crippen LogP contribution >= 0.6 is 0 Å². The van der Waals surface area contributed by atoms with Gasteiger partial charge >= 0.3 is 0 Å². The molecule has 32 heavy (non-hydrogen) atoms. The van der Waals surface area contributed by atoms with Gasteiger partial charge in [0.25, 0.3) is 5.91 Å². The van der Waals surface area contributed by atoms with E-state index in [4.69, 9.17) is 4.74 Å². The molecule has 2 aromatic carbocycles. The van der Waals surface area contributed by atoms with Crippen LogP contribution in [0.5, 0.6) is 0 Å². The predicted octanol–water partition coefficient (Wildman–Crippen LogP) is 2.44. The molecule has 1 amide bonds. The number of aromatic nitrogens is 2. The van der Waals surface area contributed by atoms with Gasteiger partial charge in [-0.1, -0.05) is 30.3 Å². The second kappa shape index (κ2) is 9.23. The van der Waals surface area contributed by atoms with Crippen LogP contribution in [0.2, 0.25) is 0 Å². The number of ether oxygens (including phenoxy) is 1. The second-order valence-electron chi connectivity index (χ2n) is 7.59. The molecule has 1 fully saturated rings. The van der Waals surface area contributed by atoms with E-state index in [0.717, 1.165) is 22.6 Å². The van der Waals surface area contributed by atoms with Gasteiger partial charge in [-0.3, -0.25) is 4.79 Å². The highest BCUT2D eigenvalue weighted by atomic mass is 32.2. The van der Waals surface area contributed by atoms with Gasteiger partial charge in [0.05, 0.1) is 35.1 Å². The van der Waals surface area contributed by atoms with E-state index in [1.807, 2.05) is 48.9 Å². The number of carbonyl (C=O) groups is 1. The summed E-state index contributed by atoms with van der Waals surface area (Å²) >= 11 is 0. The quantitative estimate of drug-likeness (QED) is 0.618. The Balaban J connectivity index is 1.56. The van der Waals surface area contributed by atoms with E-state index in [1.54, 1.807) is 12.1 Å². The van der Waals surface area contributed by atoms with Crippen LogP contribution in [0.4, 0.5) is 0 Å². The number of morpholine rings is 1. The van der Waals surface area contributed by atoms with Crippen molar-refractivity contribution in [1.29, 1.82) is 0 Å². The zero-order valence-corrected chi connectivity index (χ0v) is 18.9. The molecule has 1 aliphatic rings. The van der Waals surface area contributed by atoms with Gasteiger partial charge in [-0.25, -0.2) is 13.1 Å². The molecule has 2 heterocycles. The molecule has 0 aliphatic carbocycles. The molecular weight excluding hydrogens is 428 g/mol. The van der Waals surface area contributed by atoms with E-state index in [2.05, 4.69) is 10.4 Å². The molecule has 0 radical (unpaired) electrons. The summed E-state index contributed by atoms with van der Waals surface area (Å²) < 4.78 is 34.7. The first-order valence-corrected chi connectivity index (χ1v) is 11.9. The van der Waals surface area contributed by atoms with Crippen LogP contribution in [0.25, 0.3) is 5.69 Å². The Labute approximate surface area is 187 Å². The highest BCUT2D eigenvalue weighted by molar-refractivity contribution is 7.89. The predicted molar refractivity (Wildman–Crippen MR) is 120 cm³/mol. The number of benzene rings is 2. The smallest absolute Gasteiger partial charge is 0.252 e. The lowest BCUT2D eigenvalue weighted by Crippen LogP contribution is -2.41. The zero-order chi connectivity index (χ0) is 22.7. The Morgan fingerprint density at radius 3 is 2.41 bits per heavy atom. The number of hydrogen-bond acceptors (Lipinski definition) is 5. The van der Waals surface area contributed by atoms with Crippen LogP contribution in [-0.4, -0.2) is 54.7 Å². The number of nitrogens with zero attached hydrogens (tertiary/aromatic N) is 3. The first kappa shape index (κ1) is 22.2. The van der Waals surface area contributed by atoms with Gasteiger partial charge in [0.15, 0.2) is 0 Å². The summed E-state index contributed by atoms with van der Waals surface area (Å²) in [4.78, 5) is 13.0. The summed E-state index contributed by atoms with van der Waals surface area (Å²) in [5.74, 6) is -0.441. The van der Waals surface area contributed by atoms with Gasteiger partial charge in [-0.2, -0.15) is 9.40 Å². The van der Waals surface area contributed by atoms with Crippen LogP contribution in [0, 0.1) is 13.8 Å². The van der Waals surface area contributed by atoms with Crippen molar-refractivity contribution >= 4 is 15.9 Å². The molecule has 0 saturated carbocycles. The van der Waals surface area contributed by atoms with Crippen LogP contribution in [0.15, 0.2) is 59.5 Å². The number of sulfonamides is 1. The third kappa shape index (κ3) is 4.32. The number of aryl methyl sites for hydroxylation is 1. The van der Waals surface area contributed by atoms with Gasteiger partial charge < -0.3 is 10.1 Å². The van der Waals surface area contributed by atoms with Gasteiger partial charge in [-0.15, -0.1) is 0 Å². The topological polar surface area (TPSA) is 93.5 Å². The molecule has 3 aromatic rings. The van der Waals surface area contributed by atoms with Crippen LogP contribution in [0.1, 0.15) is 27.3 Å². The second-order valence-corrected chi connectivity index (χ2v) is 9.50. The fourth-order valence-corrected chi connectivity index (χ4v) is 5.42. The maximum absolute atomic E-state index is 13.1. The van der Waals surface area contributed by atoms with Crippen LogP contribution in [-0.2, 0) is 21.3 Å². The molecule has 1 N–H and O–H groups in total. The van der Waals surface area contributed by atoms with E-state index in [9.17, 15) is 13.2 Å². The summed E-state index contributed by atoms with van der Waals surface area (Å²) in [5, 5.41) is 7.48.